The van der Waals surface area contributed by atoms with Crippen LogP contribution < -0.4 is 2.57 Å². The van der Waals surface area contributed by atoms with Crippen LogP contribution in [-0.4, -0.2) is 35.7 Å². The van der Waals surface area contributed by atoms with Crippen molar-refractivity contribution in [3.05, 3.63) is 17.6 Å². The summed E-state index contributed by atoms with van der Waals surface area (Å²) in [6.07, 6.45) is 0. The maximum atomic E-state index is 4.51. The van der Waals surface area contributed by atoms with Crippen molar-refractivity contribution in [1.82, 2.24) is 9.97 Å². The van der Waals surface area contributed by atoms with Crippen molar-refractivity contribution in [2.75, 3.05) is 0 Å². The first kappa shape index (κ1) is 8.25. The molecule has 0 atom stereocenters. The summed E-state index contributed by atoms with van der Waals surface area (Å²) >= 11 is 4.32. The van der Waals surface area contributed by atoms with Crippen molar-refractivity contribution in [1.29, 1.82) is 0 Å². The van der Waals surface area contributed by atoms with Crippen LogP contribution in [0.25, 0.3) is 20.4 Å². The first-order valence-electron chi connectivity index (χ1n) is 3.72. The van der Waals surface area contributed by atoms with Gasteiger partial charge in [-0.1, -0.05) is 0 Å². The van der Waals surface area contributed by atoms with E-state index in [0.717, 1.165) is 36.8 Å². The molecule has 2 heterocycles. The Morgan fingerprint density at radius 1 is 1.15 bits per heavy atom. The molecule has 2 aromatic heterocycles. The first-order chi connectivity index (χ1) is 6.33. The van der Waals surface area contributed by atoms with Crippen molar-refractivity contribution in [2.24, 2.45) is 0 Å². The third kappa shape index (κ3) is 1.31. The molecule has 0 aliphatic rings. The Morgan fingerprint density at radius 3 is 2.92 bits per heavy atom. The zero-order chi connectivity index (χ0) is 8.84. The van der Waals surface area contributed by atoms with Gasteiger partial charge in [0.15, 0.2) is 0 Å². The predicted molar refractivity (Wildman–Crippen MR) is 58.2 cm³/mol. The second-order valence-electron chi connectivity index (χ2n) is 2.69. The Bertz CT molecular complexity index is 536. The van der Waals surface area contributed by atoms with Crippen molar-refractivity contribution in [3.63, 3.8) is 0 Å². The number of thiazole rings is 2. The number of benzene rings is 1. The summed E-state index contributed by atoms with van der Waals surface area (Å²) in [5, 5.41) is 0. The molecule has 5 heteroatoms. The second kappa shape index (κ2) is 2.96. The Balaban J connectivity index is 2.54. The Hall–Kier alpha value is -0.0779. The van der Waals surface area contributed by atoms with E-state index >= 15 is 0 Å². The van der Waals surface area contributed by atoms with Crippen molar-refractivity contribution < 1.29 is 0 Å². The molecule has 3 rings (SSSR count). The topological polar surface area (TPSA) is 25.8 Å². The number of hydrogen-bond donors (Lipinski definition) is 0. The summed E-state index contributed by atoms with van der Waals surface area (Å²) in [6, 6.07) is 4.29. The molecule has 0 radical (unpaired) electrons. The maximum absolute atomic E-state index is 4.51. The Labute approximate surface area is 98.3 Å². The molecule has 2 nitrogen and oxygen atoms in total. The van der Waals surface area contributed by atoms with Gasteiger partial charge in [0, 0.05) is 0 Å². The number of rotatable bonds is 0. The van der Waals surface area contributed by atoms with E-state index in [9.17, 15) is 0 Å². The summed E-state index contributed by atoms with van der Waals surface area (Å²) in [5.41, 5.74) is 4.13. The Morgan fingerprint density at radius 2 is 2.00 bits per heavy atom. The number of fused-ring (bicyclic) bond motifs is 2. The van der Waals surface area contributed by atoms with Crippen LogP contribution in [-0.2, 0) is 0 Å². The van der Waals surface area contributed by atoms with E-state index in [1.165, 1.54) is 12.0 Å². The molecule has 60 valence electrons. The van der Waals surface area contributed by atoms with E-state index in [4.69, 9.17) is 0 Å². The monoisotopic (exact) mass is 396 g/mol. The molecule has 0 saturated heterocycles. The van der Waals surface area contributed by atoms with Crippen LogP contribution in [0.1, 0.15) is 0 Å². The van der Waals surface area contributed by atoms with Crippen molar-refractivity contribution >= 4 is 71.4 Å². The second-order valence-corrected chi connectivity index (χ2v) is 8.39. The summed E-state index contributed by atoms with van der Waals surface area (Å²) in [4.78, 5) is 8.80. The molecule has 3 aromatic rings. The molecular weight excluding hydrogens is 393 g/mol. The van der Waals surface area contributed by atoms with Crippen molar-refractivity contribution in [2.45, 2.75) is 0 Å². The van der Waals surface area contributed by atoms with E-state index in [1.807, 2.05) is 5.51 Å². The molecular formula is C8H3N2S2Tl. The number of aromatic nitrogens is 2. The third-order valence-electron chi connectivity index (χ3n) is 1.86. The fourth-order valence-corrected chi connectivity index (χ4v) is 4.76. The fourth-order valence-electron chi connectivity index (χ4n) is 1.30. The summed E-state index contributed by atoms with van der Waals surface area (Å²) < 4.78 is 3.80. The van der Waals surface area contributed by atoms with Gasteiger partial charge in [0.2, 0.25) is 0 Å². The van der Waals surface area contributed by atoms with Gasteiger partial charge in [-0.05, 0) is 0 Å². The molecule has 0 saturated carbocycles. The van der Waals surface area contributed by atoms with Crippen LogP contribution in [0.4, 0.5) is 0 Å². The van der Waals surface area contributed by atoms with E-state index in [-0.39, 0.29) is 0 Å². The minimum atomic E-state index is 0.841. The molecule has 0 spiro atoms. The quantitative estimate of drug-likeness (QED) is 0.542. The van der Waals surface area contributed by atoms with E-state index in [2.05, 4.69) is 22.1 Å². The van der Waals surface area contributed by atoms with Crippen LogP contribution in [0.15, 0.2) is 17.6 Å². The van der Waals surface area contributed by atoms with Gasteiger partial charge in [0.1, 0.15) is 0 Å². The van der Waals surface area contributed by atoms with Gasteiger partial charge in [-0.2, -0.15) is 0 Å². The fraction of sp³-hybridized carbons (Fsp3) is 0. The normalized spacial score (nSPS) is 11.3. The molecule has 13 heavy (non-hydrogen) atoms. The molecule has 0 aliphatic heterocycles. The summed E-state index contributed by atoms with van der Waals surface area (Å²) in [7, 11) is 0. The summed E-state index contributed by atoms with van der Waals surface area (Å²) in [5.74, 6) is 0. The number of nitrogens with zero attached hydrogens (tertiary/aromatic N) is 2. The zero-order valence-electron chi connectivity index (χ0n) is 6.52. The van der Waals surface area contributed by atoms with E-state index < -0.39 is 0 Å². The summed E-state index contributed by atoms with van der Waals surface area (Å²) in [6.45, 7) is 0. The van der Waals surface area contributed by atoms with Crippen LogP contribution in [0.2, 0.25) is 0 Å². The predicted octanol–water partition coefficient (Wildman–Crippen LogP) is 1.70. The molecule has 0 aliphatic carbocycles. The molecule has 0 bridgehead atoms. The van der Waals surface area contributed by atoms with Gasteiger partial charge < -0.3 is 0 Å². The van der Waals surface area contributed by atoms with Crippen LogP contribution in [0, 0.1) is 0 Å². The van der Waals surface area contributed by atoms with Gasteiger partial charge in [-0.25, -0.2) is 0 Å². The molecule has 1 aromatic carbocycles. The molecule has 0 N–H and O–H groups in total. The number of hydrogen-bond acceptors (Lipinski definition) is 4. The zero-order valence-corrected chi connectivity index (χ0v) is 12.6. The van der Waals surface area contributed by atoms with Gasteiger partial charge >= 0.3 is 99.1 Å². The van der Waals surface area contributed by atoms with Gasteiger partial charge in [0.25, 0.3) is 0 Å². The third-order valence-corrected chi connectivity index (χ3v) is 5.37. The van der Waals surface area contributed by atoms with Crippen molar-refractivity contribution in [3.8, 4) is 0 Å². The van der Waals surface area contributed by atoms with Crippen LogP contribution >= 0.6 is 22.7 Å². The average molecular weight is 396 g/mol. The van der Waals surface area contributed by atoms with Crippen LogP contribution in [0.3, 0.4) is 0 Å². The minimum absolute atomic E-state index is 0.841. The molecule has 0 fully saturated rings. The van der Waals surface area contributed by atoms with Crippen LogP contribution in [0.5, 0.6) is 0 Å². The van der Waals surface area contributed by atoms with E-state index in [0.29, 0.717) is 0 Å². The van der Waals surface area contributed by atoms with Gasteiger partial charge in [0.05, 0.1) is 0 Å². The molecule has 0 unspecified atom stereocenters. The van der Waals surface area contributed by atoms with E-state index in [1.54, 1.807) is 22.7 Å². The SMILES string of the molecule is [Tl][c]1nc2cc3scnc3cc2s1. The standard InChI is InChI=1S/C8H3N2S2.Tl/c1-5-8(12-3-9-5)2-6-7(1)11-4-10-6;/h1-3H;. The first-order valence-corrected chi connectivity index (χ1v) is 7.66. The van der Waals surface area contributed by atoms with Gasteiger partial charge in [-0.3, -0.25) is 0 Å². The van der Waals surface area contributed by atoms with Gasteiger partial charge in [-0.15, -0.1) is 0 Å². The Kier molecular flexibility index (Phi) is 1.88. The molecule has 0 amide bonds. The average Bonchev–Trinajstić information content (AvgIpc) is 2.63.